The van der Waals surface area contributed by atoms with E-state index >= 15 is 0 Å². The second-order valence-electron chi connectivity index (χ2n) is 15.8. The number of benzene rings is 10. The second-order valence-corrected chi connectivity index (χ2v) is 15.8. The molecule has 12 rings (SSSR count). The molecule has 0 saturated heterocycles. The average Bonchev–Trinajstić information content (AvgIpc) is 3.92. The number of nitrogens with zero attached hydrogens (tertiary/aromatic N) is 2. The summed E-state index contributed by atoms with van der Waals surface area (Å²) in [6, 6.07) is 75.6. The first-order valence-corrected chi connectivity index (χ1v) is 20.5. The first-order valence-electron chi connectivity index (χ1n) is 20.5. The smallest absolute Gasteiger partial charge is 0.0669 e. The lowest BCUT2D eigenvalue weighted by atomic mass is 9.92. The van der Waals surface area contributed by atoms with Gasteiger partial charge in [0.05, 0.1) is 17.1 Å². The molecule has 0 aromatic heterocycles. The Hall–Kier alpha value is -7.55. The molecule has 0 saturated carbocycles. The third kappa shape index (κ3) is 5.52. The minimum Gasteiger partial charge on any atom is -0.310 e. The third-order valence-corrected chi connectivity index (χ3v) is 12.5. The number of anilines is 3. The van der Waals surface area contributed by atoms with Crippen LogP contribution in [0.25, 0.3) is 65.7 Å². The lowest BCUT2D eigenvalue weighted by molar-refractivity contribution is 1.19. The van der Waals surface area contributed by atoms with Gasteiger partial charge in [0.15, 0.2) is 0 Å². The van der Waals surface area contributed by atoms with Gasteiger partial charge in [0.2, 0.25) is 0 Å². The van der Waals surface area contributed by atoms with Crippen LogP contribution >= 0.6 is 0 Å². The average molecular weight is 751 g/mol. The summed E-state index contributed by atoms with van der Waals surface area (Å²) in [6.45, 7) is 0. The Morgan fingerprint density at radius 3 is 1.76 bits per heavy atom. The summed E-state index contributed by atoms with van der Waals surface area (Å²) in [6.07, 6.45) is 1.64. The molecule has 10 aromatic rings. The number of rotatable bonds is 6. The van der Waals surface area contributed by atoms with Crippen molar-refractivity contribution in [3.63, 3.8) is 0 Å². The molecular formula is C57H38N2. The fraction of sp³-hybridized carbons (Fsp3) is 0.0351. The van der Waals surface area contributed by atoms with Gasteiger partial charge >= 0.3 is 0 Å². The van der Waals surface area contributed by atoms with E-state index in [1.54, 1.807) is 0 Å². The van der Waals surface area contributed by atoms with Crippen molar-refractivity contribution in [1.29, 1.82) is 0 Å². The lowest BCUT2D eigenvalue weighted by Crippen LogP contribution is -2.17. The fourth-order valence-electron chi connectivity index (χ4n) is 9.72. The molecule has 0 spiro atoms. The van der Waals surface area contributed by atoms with Crippen LogP contribution in [0.1, 0.15) is 22.3 Å². The monoisotopic (exact) mass is 750 g/mol. The quantitative estimate of drug-likeness (QED) is 0.155. The SMILES string of the molecule is c1ccc(-c2ccc(N(c3ccc(-c4cc5ccccc5c5ccccc45)cc3)c3c(C4=Nc5ccccc5C4)ccc4c3Cc3ccc5ccccc5c3-4)cc2)cc1. The number of hydrogen-bond donors (Lipinski definition) is 0. The van der Waals surface area contributed by atoms with E-state index in [-0.39, 0.29) is 0 Å². The molecule has 1 heterocycles. The van der Waals surface area contributed by atoms with Gasteiger partial charge in [-0.1, -0.05) is 170 Å². The number of fused-ring (bicyclic) bond motifs is 9. The van der Waals surface area contributed by atoms with Crippen molar-refractivity contribution in [2.45, 2.75) is 12.8 Å². The maximum Gasteiger partial charge on any atom is 0.0669 e. The summed E-state index contributed by atoms with van der Waals surface area (Å²) >= 11 is 0. The number of para-hydroxylation sites is 1. The largest absolute Gasteiger partial charge is 0.310 e. The fourth-order valence-corrected chi connectivity index (χ4v) is 9.72. The third-order valence-electron chi connectivity index (χ3n) is 12.5. The van der Waals surface area contributed by atoms with Crippen LogP contribution in [-0.2, 0) is 12.8 Å². The van der Waals surface area contributed by atoms with Gasteiger partial charge < -0.3 is 4.90 Å². The topological polar surface area (TPSA) is 15.6 Å². The van der Waals surface area contributed by atoms with Crippen LogP contribution in [0.2, 0.25) is 0 Å². The van der Waals surface area contributed by atoms with Crippen LogP contribution in [0.3, 0.4) is 0 Å². The van der Waals surface area contributed by atoms with Gasteiger partial charge in [-0.25, -0.2) is 0 Å². The molecule has 0 bridgehead atoms. The number of hydrogen-bond acceptors (Lipinski definition) is 2. The molecule has 1 aliphatic carbocycles. The molecule has 59 heavy (non-hydrogen) atoms. The maximum atomic E-state index is 5.33. The summed E-state index contributed by atoms with van der Waals surface area (Å²) in [5.41, 5.74) is 18.2. The predicted octanol–water partition coefficient (Wildman–Crippen LogP) is 15.2. The summed E-state index contributed by atoms with van der Waals surface area (Å²) in [5, 5.41) is 7.65. The van der Waals surface area contributed by atoms with Crippen LogP contribution in [-0.4, -0.2) is 5.71 Å². The standard InChI is InChI=1S/C57H38N2/c1-2-12-37(13-3-1)38-24-28-44(29-25-38)59(45-30-26-40(27-31-45)52-34-41-15-5-7-17-46(41)48-19-9-10-20-49(48)52)57-51(55-36-42-16-6-11-21-54(42)58-55)33-32-50-53(57)35-43-23-22-39-14-4-8-18-47(39)56(43)50/h1-34H,35-36H2. The van der Waals surface area contributed by atoms with Crippen molar-refractivity contribution in [3.8, 4) is 33.4 Å². The molecule has 1 aliphatic heterocycles. The van der Waals surface area contributed by atoms with Crippen molar-refractivity contribution in [2.75, 3.05) is 4.90 Å². The van der Waals surface area contributed by atoms with E-state index in [1.165, 1.54) is 93.6 Å². The van der Waals surface area contributed by atoms with Gasteiger partial charge in [-0.15, -0.1) is 0 Å². The van der Waals surface area contributed by atoms with Gasteiger partial charge in [-0.05, 0) is 119 Å². The highest BCUT2D eigenvalue weighted by Gasteiger charge is 2.31. The van der Waals surface area contributed by atoms with Crippen molar-refractivity contribution < 1.29 is 0 Å². The summed E-state index contributed by atoms with van der Waals surface area (Å²) in [5.74, 6) is 0. The first kappa shape index (κ1) is 33.6. The van der Waals surface area contributed by atoms with E-state index in [0.717, 1.165) is 35.6 Å². The van der Waals surface area contributed by atoms with Crippen molar-refractivity contribution in [1.82, 2.24) is 0 Å². The zero-order valence-electron chi connectivity index (χ0n) is 32.4. The van der Waals surface area contributed by atoms with E-state index in [9.17, 15) is 0 Å². The van der Waals surface area contributed by atoms with Gasteiger partial charge in [-0.3, -0.25) is 4.99 Å². The van der Waals surface area contributed by atoms with Crippen LogP contribution in [0.4, 0.5) is 22.7 Å². The molecule has 2 nitrogen and oxygen atoms in total. The molecular weight excluding hydrogens is 713 g/mol. The van der Waals surface area contributed by atoms with E-state index in [2.05, 4.69) is 211 Å². The van der Waals surface area contributed by atoms with Crippen molar-refractivity contribution in [3.05, 3.63) is 229 Å². The molecule has 0 fully saturated rings. The van der Waals surface area contributed by atoms with Crippen LogP contribution < -0.4 is 4.90 Å². The molecule has 2 heteroatoms. The predicted molar refractivity (Wildman–Crippen MR) is 249 cm³/mol. The second kappa shape index (κ2) is 13.5. The van der Waals surface area contributed by atoms with Crippen molar-refractivity contribution >= 4 is 60.8 Å². The Morgan fingerprint density at radius 2 is 0.983 bits per heavy atom. The summed E-state index contributed by atoms with van der Waals surface area (Å²) in [4.78, 5) is 7.83. The molecule has 0 unspecified atom stereocenters. The molecule has 10 aromatic carbocycles. The highest BCUT2D eigenvalue weighted by atomic mass is 15.1. The minimum atomic E-state index is 0.798. The van der Waals surface area contributed by atoms with Gasteiger partial charge in [0.25, 0.3) is 0 Å². The number of aliphatic imine (C=N–C) groups is 1. The molecule has 276 valence electrons. The van der Waals surface area contributed by atoms with Gasteiger partial charge in [0.1, 0.15) is 0 Å². The maximum absolute atomic E-state index is 5.33. The molecule has 2 aliphatic rings. The van der Waals surface area contributed by atoms with Crippen LogP contribution in [0, 0.1) is 0 Å². The molecule has 0 atom stereocenters. The highest BCUT2D eigenvalue weighted by molar-refractivity contribution is 6.15. The summed E-state index contributed by atoms with van der Waals surface area (Å²) in [7, 11) is 0. The van der Waals surface area contributed by atoms with E-state index in [1.807, 2.05) is 0 Å². The summed E-state index contributed by atoms with van der Waals surface area (Å²) < 4.78 is 0. The van der Waals surface area contributed by atoms with Crippen molar-refractivity contribution in [2.24, 2.45) is 4.99 Å². The Balaban J connectivity index is 1.08. The lowest BCUT2D eigenvalue weighted by Gasteiger charge is -2.30. The van der Waals surface area contributed by atoms with E-state index in [4.69, 9.17) is 4.99 Å². The van der Waals surface area contributed by atoms with Gasteiger partial charge in [-0.2, -0.15) is 0 Å². The van der Waals surface area contributed by atoms with E-state index < -0.39 is 0 Å². The zero-order valence-corrected chi connectivity index (χ0v) is 32.4. The molecule has 0 amide bonds. The Labute approximate surface area is 344 Å². The Kier molecular flexibility index (Phi) is 7.71. The normalized spacial score (nSPS) is 12.7. The zero-order chi connectivity index (χ0) is 38.9. The Bertz CT molecular complexity index is 3300. The first-order chi connectivity index (χ1) is 29.2. The van der Waals surface area contributed by atoms with Gasteiger partial charge in [0, 0.05) is 29.8 Å². The van der Waals surface area contributed by atoms with E-state index in [0.29, 0.717) is 0 Å². The Morgan fingerprint density at radius 1 is 0.373 bits per heavy atom. The molecule has 0 N–H and O–H groups in total. The van der Waals surface area contributed by atoms with Crippen LogP contribution in [0.15, 0.2) is 211 Å². The minimum absolute atomic E-state index is 0.798. The van der Waals surface area contributed by atoms with Crippen LogP contribution in [0.5, 0.6) is 0 Å². The highest BCUT2D eigenvalue weighted by Crippen LogP contribution is 2.51. The molecule has 0 radical (unpaired) electrons.